The van der Waals surface area contributed by atoms with E-state index >= 15 is 0 Å². The third kappa shape index (κ3) is 12.2. The van der Waals surface area contributed by atoms with Crippen LogP contribution in [0.3, 0.4) is 0 Å². The highest BCUT2D eigenvalue weighted by atomic mass is 35.7. The number of hydrogen-bond acceptors (Lipinski definition) is 6. The summed E-state index contributed by atoms with van der Waals surface area (Å²) < 4.78 is 56.6. The van der Waals surface area contributed by atoms with E-state index in [1.165, 1.54) is 25.3 Å². The molecule has 0 amide bonds. The third-order valence-corrected chi connectivity index (χ3v) is 4.42. The van der Waals surface area contributed by atoms with E-state index in [4.69, 9.17) is 56.3 Å². The molecule has 0 aromatic heterocycles. The average Bonchev–Trinajstić information content (AvgIpc) is 2.53. The number of ether oxygens (including phenoxy) is 2. The quantitative estimate of drug-likeness (QED) is 0.483. The van der Waals surface area contributed by atoms with E-state index in [-0.39, 0.29) is 9.92 Å². The molecule has 0 radical (unpaired) electrons. The lowest BCUT2D eigenvalue weighted by Gasteiger charge is -2.03. The maximum atomic E-state index is 10.9. The molecule has 7 nitrogen and oxygen atoms in total. The van der Waals surface area contributed by atoms with Gasteiger partial charge in [-0.1, -0.05) is 35.3 Å². The van der Waals surface area contributed by atoms with Crippen LogP contribution in [0.5, 0.6) is 11.5 Å². The van der Waals surface area contributed by atoms with Crippen LogP contribution in [-0.4, -0.2) is 35.6 Å². The van der Waals surface area contributed by atoms with Gasteiger partial charge >= 0.3 is 9.33 Å². The molecule has 1 N–H and O–H groups in total. The average molecular weight is 500 g/mol. The Morgan fingerprint density at radius 3 is 1.59 bits per heavy atom. The fourth-order valence-corrected chi connectivity index (χ4v) is 2.72. The van der Waals surface area contributed by atoms with Gasteiger partial charge in [-0.15, -0.1) is 0 Å². The zero-order valence-electron chi connectivity index (χ0n) is 13.8. The van der Waals surface area contributed by atoms with Gasteiger partial charge in [0, 0.05) is 21.4 Å². The van der Waals surface area contributed by atoms with Crippen LogP contribution >= 0.6 is 44.6 Å². The SMILES string of the molecule is COc1ccc(S(=O)(=O)Cl)cc1Cl.COc1ccccc1Cl.O=S(=O)(O)Cl. The molecule has 0 aliphatic carbocycles. The van der Waals surface area contributed by atoms with E-state index in [2.05, 4.69) is 10.7 Å². The maximum absolute atomic E-state index is 10.9. The summed E-state index contributed by atoms with van der Waals surface area (Å²) in [7, 11) is 4.28. The van der Waals surface area contributed by atoms with Crippen LogP contribution in [0.4, 0.5) is 0 Å². The van der Waals surface area contributed by atoms with E-state index in [9.17, 15) is 8.42 Å². The summed E-state index contributed by atoms with van der Waals surface area (Å²) in [5, 5.41) is 0.865. The van der Waals surface area contributed by atoms with Crippen molar-refractivity contribution in [2.75, 3.05) is 14.2 Å². The molecule has 0 saturated carbocycles. The molecule has 0 heterocycles. The van der Waals surface area contributed by atoms with Crippen molar-refractivity contribution >= 4 is 62.9 Å². The van der Waals surface area contributed by atoms with Crippen molar-refractivity contribution in [1.82, 2.24) is 0 Å². The van der Waals surface area contributed by atoms with Crippen LogP contribution in [-0.2, 0) is 18.4 Å². The summed E-state index contributed by atoms with van der Waals surface area (Å²) in [6.45, 7) is 0. The third-order valence-electron chi connectivity index (χ3n) is 2.46. The summed E-state index contributed by atoms with van der Waals surface area (Å²) >= 11 is 11.4. The second-order valence-electron chi connectivity index (χ2n) is 4.28. The molecule has 2 aromatic carbocycles. The first-order chi connectivity index (χ1) is 12.3. The predicted octanol–water partition coefficient (Wildman–Crippen LogP) is 4.65. The number of methoxy groups -OCH3 is 2. The highest BCUT2D eigenvalue weighted by Gasteiger charge is 2.12. The van der Waals surface area contributed by atoms with Crippen LogP contribution in [0.2, 0.25) is 10.0 Å². The van der Waals surface area contributed by atoms with Crippen LogP contribution in [0, 0.1) is 0 Å². The van der Waals surface area contributed by atoms with Gasteiger partial charge in [-0.2, -0.15) is 8.42 Å². The van der Waals surface area contributed by atoms with Crippen molar-refractivity contribution in [2.24, 2.45) is 0 Å². The van der Waals surface area contributed by atoms with Crippen molar-refractivity contribution in [3.63, 3.8) is 0 Å². The zero-order chi connectivity index (χ0) is 21.3. The lowest BCUT2D eigenvalue weighted by Crippen LogP contribution is -1.91. The van der Waals surface area contributed by atoms with E-state index < -0.39 is 18.4 Å². The van der Waals surface area contributed by atoms with Crippen molar-refractivity contribution < 1.29 is 30.9 Å². The summed E-state index contributed by atoms with van der Waals surface area (Å²) in [5.74, 6) is 1.13. The van der Waals surface area contributed by atoms with Crippen molar-refractivity contribution in [2.45, 2.75) is 4.90 Å². The summed E-state index contributed by atoms with van der Waals surface area (Å²) in [5.41, 5.74) is 0. The number of halogens is 4. The minimum atomic E-state index is -4.19. The molecule has 0 saturated heterocycles. The number of rotatable bonds is 3. The Kier molecular flexibility index (Phi) is 11.4. The molecule has 0 aliphatic rings. The van der Waals surface area contributed by atoms with Crippen molar-refractivity contribution in [3.8, 4) is 11.5 Å². The zero-order valence-corrected chi connectivity index (χ0v) is 18.4. The number of benzene rings is 2. The van der Waals surface area contributed by atoms with Gasteiger partial charge in [0.15, 0.2) is 0 Å². The smallest absolute Gasteiger partial charge is 0.353 e. The van der Waals surface area contributed by atoms with Gasteiger partial charge in [0.25, 0.3) is 9.05 Å². The minimum absolute atomic E-state index is 0.0417. The van der Waals surface area contributed by atoms with E-state index in [0.29, 0.717) is 10.8 Å². The number of hydrogen-bond donors (Lipinski definition) is 1. The summed E-state index contributed by atoms with van der Waals surface area (Å²) in [6, 6.07) is 11.4. The van der Waals surface area contributed by atoms with E-state index in [1.54, 1.807) is 13.2 Å². The standard InChI is InChI=1S/C7H6Cl2O3S.C7H7ClO.ClHO3S/c1-12-7-3-2-5(4-6(7)8)13(9,10)11;1-9-7-5-3-2-4-6(7)8;1-5(2,3)4/h2-4H,1H3;2-5H,1H3;(H,2,3,4). The van der Waals surface area contributed by atoms with Crippen LogP contribution in [0.25, 0.3) is 0 Å². The lowest BCUT2D eigenvalue weighted by molar-refractivity contribution is 0.414. The molecule has 0 unspecified atom stereocenters. The van der Waals surface area contributed by atoms with Gasteiger partial charge in [0.1, 0.15) is 11.5 Å². The molecule has 2 rings (SSSR count). The molecule has 0 aliphatic heterocycles. The molecule has 2 aromatic rings. The molecule has 13 heteroatoms. The van der Waals surface area contributed by atoms with Gasteiger partial charge in [0.2, 0.25) is 0 Å². The van der Waals surface area contributed by atoms with E-state index in [1.807, 2.05) is 18.2 Å². The first-order valence-corrected chi connectivity index (χ1v) is 11.9. The Morgan fingerprint density at radius 2 is 1.26 bits per heavy atom. The Hall–Kier alpha value is -0.940. The van der Waals surface area contributed by atoms with Gasteiger partial charge in [-0.05, 0) is 30.3 Å². The maximum Gasteiger partial charge on any atom is 0.353 e. The largest absolute Gasteiger partial charge is 0.495 e. The van der Waals surface area contributed by atoms with Gasteiger partial charge in [-0.3, -0.25) is 4.55 Å². The molecule has 27 heavy (non-hydrogen) atoms. The monoisotopic (exact) mass is 498 g/mol. The topological polar surface area (TPSA) is 107 Å². The minimum Gasteiger partial charge on any atom is -0.495 e. The van der Waals surface area contributed by atoms with Gasteiger partial charge in [-0.25, -0.2) is 8.42 Å². The Morgan fingerprint density at radius 1 is 0.815 bits per heavy atom. The predicted molar refractivity (Wildman–Crippen MR) is 106 cm³/mol. The van der Waals surface area contributed by atoms with Crippen LogP contribution < -0.4 is 9.47 Å². The van der Waals surface area contributed by atoms with Crippen LogP contribution in [0.15, 0.2) is 47.4 Å². The first kappa shape index (κ1) is 26.1. The molecular formula is C14H14Cl4O7S2. The van der Waals surface area contributed by atoms with Crippen LogP contribution in [0.1, 0.15) is 0 Å². The Balaban J connectivity index is 0.000000419. The summed E-state index contributed by atoms with van der Waals surface area (Å²) in [4.78, 5) is -0.0417. The molecule has 152 valence electrons. The first-order valence-electron chi connectivity index (χ1n) is 6.53. The highest BCUT2D eigenvalue weighted by molar-refractivity contribution is 8.13. The molecule has 0 fully saturated rings. The molecular weight excluding hydrogens is 486 g/mol. The van der Waals surface area contributed by atoms with E-state index in [0.717, 1.165) is 5.75 Å². The summed E-state index contributed by atoms with van der Waals surface area (Å²) in [6.07, 6.45) is 0. The normalized spacial score (nSPS) is 10.6. The Labute approximate surface area is 176 Å². The Bertz CT molecular complexity index is 940. The fraction of sp³-hybridized carbons (Fsp3) is 0.143. The highest BCUT2D eigenvalue weighted by Crippen LogP contribution is 2.28. The lowest BCUT2D eigenvalue weighted by atomic mass is 10.3. The van der Waals surface area contributed by atoms with Crippen molar-refractivity contribution in [3.05, 3.63) is 52.5 Å². The van der Waals surface area contributed by atoms with Gasteiger partial charge in [0.05, 0.1) is 29.2 Å². The molecule has 0 atom stereocenters. The number of para-hydroxylation sites is 1. The molecule has 0 bridgehead atoms. The van der Waals surface area contributed by atoms with Crippen molar-refractivity contribution in [1.29, 1.82) is 0 Å². The fourth-order valence-electron chi connectivity index (χ4n) is 1.41. The van der Waals surface area contributed by atoms with Gasteiger partial charge < -0.3 is 9.47 Å². The molecule has 0 spiro atoms. The second kappa shape index (κ2) is 11.8. The second-order valence-corrected chi connectivity index (χ2v) is 9.66.